The summed E-state index contributed by atoms with van der Waals surface area (Å²) in [6.07, 6.45) is 0. The minimum atomic E-state index is -4.81. The first-order chi connectivity index (χ1) is 10.7. The van der Waals surface area contributed by atoms with Crippen LogP contribution in [0.25, 0.3) is 0 Å². The van der Waals surface area contributed by atoms with E-state index in [1.807, 2.05) is 42.5 Å². The third-order valence-electron chi connectivity index (χ3n) is 3.54. The third-order valence-corrected chi connectivity index (χ3v) is 3.99. The molecule has 0 bridgehead atoms. The molecule has 8 heteroatoms. The Morgan fingerprint density at radius 3 is 2.00 bits per heavy atom. The summed E-state index contributed by atoms with van der Waals surface area (Å²) >= 11 is 0. The van der Waals surface area contributed by atoms with Gasteiger partial charge in [-0.05, 0) is 23.3 Å². The van der Waals surface area contributed by atoms with E-state index in [0.717, 1.165) is 11.1 Å². The first-order valence-electron chi connectivity index (χ1n) is 6.93. The van der Waals surface area contributed by atoms with Crippen molar-refractivity contribution in [3.8, 4) is 5.75 Å². The molecule has 2 aromatic rings. The lowest BCUT2D eigenvalue weighted by molar-refractivity contribution is 0.225. The quantitative estimate of drug-likeness (QED) is 0.554. The molecule has 0 spiro atoms. The molecule has 0 aliphatic carbocycles. The molecule has 6 nitrogen and oxygen atoms in total. The van der Waals surface area contributed by atoms with Crippen molar-refractivity contribution in [3.63, 3.8) is 0 Å². The molecule has 2 rings (SSSR count). The van der Waals surface area contributed by atoms with Gasteiger partial charge >= 0.3 is 15.1 Å². The largest absolute Gasteiger partial charge is 0.719 e. The fraction of sp³-hybridized carbons (Fsp3) is 0.200. The summed E-state index contributed by atoms with van der Waals surface area (Å²) < 4.78 is 19.5. The predicted octanol–water partition coefficient (Wildman–Crippen LogP) is 2.48. The van der Waals surface area contributed by atoms with Crippen LogP contribution in [0.15, 0.2) is 54.6 Å². The third kappa shape index (κ3) is 4.92. The number of phosphoric acid groups is 1. The summed E-state index contributed by atoms with van der Waals surface area (Å²) in [4.78, 5) is 17.2. The molecule has 0 amide bonds. The van der Waals surface area contributed by atoms with E-state index in [0.29, 0.717) is 0 Å². The summed E-state index contributed by atoms with van der Waals surface area (Å²) in [7, 11) is -6.85. The zero-order valence-corrected chi connectivity index (χ0v) is 13.7. The van der Waals surface area contributed by atoms with Crippen LogP contribution in [0, 0.1) is 0 Å². The average Bonchev–Trinajstić information content (AvgIpc) is 2.46. The molecule has 0 fully saturated rings. The highest BCUT2D eigenvalue weighted by Gasteiger charge is 2.30. The minimum Gasteiger partial charge on any atom is -0.512 e. The van der Waals surface area contributed by atoms with Crippen molar-refractivity contribution < 1.29 is 28.5 Å². The maximum absolute atomic E-state index is 10.6. The summed E-state index contributed by atoms with van der Waals surface area (Å²) in [5, 5.41) is 9.31. The monoisotopic (exact) mass is 336 g/mol. The van der Waals surface area contributed by atoms with E-state index in [9.17, 15) is 9.59 Å². The van der Waals surface area contributed by atoms with Crippen LogP contribution in [-0.4, -0.2) is 22.1 Å². The molecule has 23 heavy (non-hydrogen) atoms. The second kappa shape index (κ2) is 6.87. The maximum Gasteiger partial charge on any atom is 0.719 e. The van der Waals surface area contributed by atoms with Crippen molar-refractivity contribution in [1.29, 1.82) is 0 Å². The van der Waals surface area contributed by atoms with Gasteiger partial charge in [0.2, 0.25) is 0 Å². The molecule has 0 radical (unpaired) electrons. The van der Waals surface area contributed by atoms with Crippen molar-refractivity contribution >= 4 is 15.1 Å². The van der Waals surface area contributed by atoms with Gasteiger partial charge in [0, 0.05) is 5.41 Å². The SMILES string of the molecule is CC(C)(c1ccccc1)c1ccc(OB(O)OP(=O)(O)O)cc1. The molecule has 3 N–H and O–H groups in total. The Balaban J connectivity index is 2.12. The highest BCUT2D eigenvalue weighted by atomic mass is 31.2. The zero-order chi connectivity index (χ0) is 17.1. The van der Waals surface area contributed by atoms with Gasteiger partial charge in [0.25, 0.3) is 0 Å². The van der Waals surface area contributed by atoms with E-state index in [2.05, 4.69) is 18.3 Å². The Morgan fingerprint density at radius 1 is 0.957 bits per heavy atom. The number of rotatable bonds is 6. The molecule has 0 saturated heterocycles. The highest BCUT2D eigenvalue weighted by Crippen LogP contribution is 2.37. The lowest BCUT2D eigenvalue weighted by atomic mass is 9.78. The second-order valence-electron chi connectivity index (χ2n) is 5.54. The molecule has 0 unspecified atom stereocenters. The van der Waals surface area contributed by atoms with E-state index >= 15 is 0 Å². The second-order valence-corrected chi connectivity index (χ2v) is 6.73. The molecule has 0 saturated carbocycles. The molecule has 122 valence electrons. The maximum atomic E-state index is 10.6. The van der Waals surface area contributed by atoms with E-state index in [-0.39, 0.29) is 11.2 Å². The van der Waals surface area contributed by atoms with Gasteiger partial charge in [-0.2, -0.15) is 0 Å². The lowest BCUT2D eigenvalue weighted by Crippen LogP contribution is -2.25. The van der Waals surface area contributed by atoms with Gasteiger partial charge < -0.3 is 19.5 Å². The predicted molar refractivity (Wildman–Crippen MR) is 86.7 cm³/mol. The first-order valence-corrected chi connectivity index (χ1v) is 8.46. The molecular formula is C15H18BO6P. The van der Waals surface area contributed by atoms with Gasteiger partial charge in [0.05, 0.1) is 0 Å². The van der Waals surface area contributed by atoms with Crippen LogP contribution in [0.1, 0.15) is 25.0 Å². The van der Waals surface area contributed by atoms with Crippen molar-refractivity contribution in [2.75, 3.05) is 0 Å². The summed E-state index contributed by atoms with van der Waals surface area (Å²) in [5.74, 6) is 0.235. The molecule has 0 atom stereocenters. The standard InChI is InChI=1S/C15H18BO6P/c1-15(2,12-6-4-3-5-7-12)13-8-10-14(11-9-13)21-16(17)22-23(18,19)20/h3-11,17H,1-2H3,(H2,18,19,20). The normalized spacial score (nSPS) is 12.0. The molecule has 2 aromatic carbocycles. The van der Waals surface area contributed by atoms with Crippen molar-refractivity contribution in [2.24, 2.45) is 0 Å². The number of hydrogen-bond donors (Lipinski definition) is 3. The molecule has 0 aliphatic rings. The van der Waals surface area contributed by atoms with Gasteiger partial charge in [-0.25, -0.2) is 4.57 Å². The molecule has 0 heterocycles. The van der Waals surface area contributed by atoms with Crippen LogP contribution in [0.4, 0.5) is 0 Å². The van der Waals surface area contributed by atoms with Crippen LogP contribution in [0.3, 0.4) is 0 Å². The summed E-state index contributed by atoms with van der Waals surface area (Å²) in [5.41, 5.74) is 1.96. The van der Waals surface area contributed by atoms with E-state index in [4.69, 9.17) is 14.4 Å². The van der Waals surface area contributed by atoms with Crippen LogP contribution in [-0.2, 0) is 14.4 Å². The lowest BCUT2D eigenvalue weighted by Gasteiger charge is -2.26. The Kier molecular flexibility index (Phi) is 5.29. The van der Waals surface area contributed by atoms with Crippen LogP contribution < -0.4 is 4.65 Å². The van der Waals surface area contributed by atoms with E-state index in [1.165, 1.54) is 0 Å². The average molecular weight is 336 g/mol. The van der Waals surface area contributed by atoms with Crippen LogP contribution >= 0.6 is 7.82 Å². The number of hydrogen-bond acceptors (Lipinski definition) is 4. The van der Waals surface area contributed by atoms with Gasteiger partial charge in [-0.3, -0.25) is 4.44 Å². The van der Waals surface area contributed by atoms with Crippen molar-refractivity contribution in [2.45, 2.75) is 19.3 Å². The smallest absolute Gasteiger partial charge is 0.512 e. The first kappa shape index (κ1) is 17.7. The van der Waals surface area contributed by atoms with Crippen LogP contribution in [0.5, 0.6) is 5.75 Å². The fourth-order valence-corrected chi connectivity index (χ4v) is 2.51. The highest BCUT2D eigenvalue weighted by molar-refractivity contribution is 7.47. The van der Waals surface area contributed by atoms with Crippen LogP contribution in [0.2, 0.25) is 0 Å². The summed E-state index contributed by atoms with van der Waals surface area (Å²) in [6.45, 7) is 4.17. The van der Waals surface area contributed by atoms with Gasteiger partial charge in [0.15, 0.2) is 0 Å². The topological polar surface area (TPSA) is 96.2 Å². The van der Waals surface area contributed by atoms with Crippen molar-refractivity contribution in [1.82, 2.24) is 0 Å². The summed E-state index contributed by atoms with van der Waals surface area (Å²) in [6, 6.07) is 16.9. The van der Waals surface area contributed by atoms with Gasteiger partial charge in [-0.15, -0.1) is 0 Å². The minimum absolute atomic E-state index is 0.221. The number of benzene rings is 2. The zero-order valence-electron chi connectivity index (χ0n) is 12.8. The molecule has 0 aromatic heterocycles. The Labute approximate surface area is 135 Å². The molecular weight excluding hydrogens is 318 g/mol. The van der Waals surface area contributed by atoms with Gasteiger partial charge in [-0.1, -0.05) is 56.3 Å². The fourth-order valence-electron chi connectivity index (χ4n) is 2.23. The Hall–Kier alpha value is -1.63. The Morgan fingerprint density at radius 2 is 1.48 bits per heavy atom. The van der Waals surface area contributed by atoms with E-state index < -0.39 is 15.1 Å². The van der Waals surface area contributed by atoms with Gasteiger partial charge in [0.1, 0.15) is 5.75 Å². The Bertz CT molecular complexity index is 683. The van der Waals surface area contributed by atoms with Crippen molar-refractivity contribution in [3.05, 3.63) is 65.7 Å². The molecule has 0 aliphatic heterocycles. The van der Waals surface area contributed by atoms with E-state index in [1.54, 1.807) is 12.1 Å².